The first kappa shape index (κ1) is 25.0. The molecule has 0 bridgehead atoms. The second-order valence-electron chi connectivity index (χ2n) is 7.41. The van der Waals surface area contributed by atoms with Gasteiger partial charge in [0.25, 0.3) is 0 Å². The molecule has 3 rings (SSSR count). The predicted octanol–water partition coefficient (Wildman–Crippen LogP) is 4.99. The van der Waals surface area contributed by atoms with Gasteiger partial charge >= 0.3 is 18.3 Å². The molecule has 1 N–H and O–H groups in total. The molecule has 0 unspecified atom stereocenters. The summed E-state index contributed by atoms with van der Waals surface area (Å²) < 4.78 is 45.4. The van der Waals surface area contributed by atoms with E-state index in [1.165, 1.54) is 12.1 Å². The number of halogens is 2. The van der Waals surface area contributed by atoms with Gasteiger partial charge in [0, 0.05) is 36.3 Å². The average molecular weight is 476 g/mol. The predicted molar refractivity (Wildman–Crippen MR) is 123 cm³/mol. The Morgan fingerprint density at radius 2 is 1.85 bits per heavy atom. The van der Waals surface area contributed by atoms with E-state index >= 15 is 0 Å². The number of alkyl halides is 2. The lowest BCUT2D eigenvalue weighted by atomic mass is 10.1. The number of ether oxygens (including phenoxy) is 3. The van der Waals surface area contributed by atoms with Crippen molar-refractivity contribution in [3.8, 4) is 11.5 Å². The normalized spacial score (nSPS) is 11.1. The number of hydrogen-bond acceptors (Lipinski definition) is 7. The average Bonchev–Trinajstić information content (AvgIpc) is 2.75. The highest BCUT2D eigenvalue weighted by atomic mass is 19.3. The van der Waals surface area contributed by atoms with Crippen molar-refractivity contribution in [2.24, 2.45) is 0 Å². The second-order valence-corrected chi connectivity index (χ2v) is 7.41. The second kappa shape index (κ2) is 11.5. The molecule has 182 valence electrons. The van der Waals surface area contributed by atoms with Gasteiger partial charge in [-0.15, -0.1) is 0 Å². The number of benzene rings is 2. The minimum Gasteiger partial charge on any atom is -0.490 e. The van der Waals surface area contributed by atoms with Crippen LogP contribution in [0, 0.1) is 0 Å². The van der Waals surface area contributed by atoms with Crippen LogP contribution in [0.5, 0.6) is 11.5 Å². The molecule has 0 saturated carbocycles. The van der Waals surface area contributed by atoms with Crippen LogP contribution >= 0.6 is 0 Å². The molecule has 2 aromatic carbocycles. The van der Waals surface area contributed by atoms with Crippen LogP contribution in [0.2, 0.25) is 0 Å². The molecule has 0 aliphatic rings. The third kappa shape index (κ3) is 6.67. The molecule has 0 spiro atoms. The van der Waals surface area contributed by atoms with Crippen molar-refractivity contribution >= 4 is 22.7 Å². The largest absolute Gasteiger partial charge is 0.490 e. The Labute approximate surface area is 195 Å². The van der Waals surface area contributed by atoms with Crippen LogP contribution in [0.25, 0.3) is 11.0 Å². The first-order chi connectivity index (χ1) is 16.3. The minimum atomic E-state index is -2.95. The summed E-state index contributed by atoms with van der Waals surface area (Å²) in [6.07, 6.45) is -0.600. The van der Waals surface area contributed by atoms with Gasteiger partial charge in [-0.3, -0.25) is 10.2 Å². The van der Waals surface area contributed by atoms with Crippen molar-refractivity contribution in [2.75, 3.05) is 25.6 Å². The van der Waals surface area contributed by atoms with Gasteiger partial charge in [0.15, 0.2) is 11.5 Å². The van der Waals surface area contributed by atoms with Crippen LogP contribution in [0.4, 0.5) is 19.3 Å². The van der Waals surface area contributed by atoms with Crippen molar-refractivity contribution < 1.29 is 32.2 Å². The number of hydrogen-bond donors (Lipinski definition) is 1. The molecule has 3 aromatic rings. The van der Waals surface area contributed by atoms with Crippen LogP contribution in [-0.4, -0.2) is 37.9 Å². The SMILES string of the molecule is CCOC(=O)Nc1ccc2c(CN(C)Cc3ccc(OC(F)F)c(OCC)c3)cc(=O)oc2c1. The number of fused-ring (bicyclic) bond motifs is 1. The van der Waals surface area contributed by atoms with Crippen molar-refractivity contribution in [3.05, 3.63) is 64.0 Å². The van der Waals surface area contributed by atoms with Gasteiger partial charge in [-0.05, 0) is 56.3 Å². The van der Waals surface area contributed by atoms with Gasteiger partial charge in [-0.2, -0.15) is 8.78 Å². The number of rotatable bonds is 10. The fourth-order valence-electron chi connectivity index (χ4n) is 3.49. The van der Waals surface area contributed by atoms with Crippen LogP contribution in [0.1, 0.15) is 25.0 Å². The lowest BCUT2D eigenvalue weighted by molar-refractivity contribution is -0.0514. The highest BCUT2D eigenvalue weighted by Crippen LogP contribution is 2.30. The number of carbonyl (C=O) groups is 1. The Hall–Kier alpha value is -3.66. The molecule has 10 heteroatoms. The van der Waals surface area contributed by atoms with Gasteiger partial charge < -0.3 is 18.6 Å². The van der Waals surface area contributed by atoms with Crippen molar-refractivity contribution in [2.45, 2.75) is 33.5 Å². The Kier molecular flexibility index (Phi) is 8.42. The molecule has 0 atom stereocenters. The first-order valence-electron chi connectivity index (χ1n) is 10.7. The third-order valence-corrected chi connectivity index (χ3v) is 4.77. The lowest BCUT2D eigenvalue weighted by Gasteiger charge is -2.19. The smallest absolute Gasteiger partial charge is 0.411 e. The van der Waals surface area contributed by atoms with Gasteiger partial charge in [-0.1, -0.05) is 6.07 Å². The summed E-state index contributed by atoms with van der Waals surface area (Å²) in [5, 5.41) is 3.30. The Morgan fingerprint density at radius 3 is 2.56 bits per heavy atom. The highest BCUT2D eigenvalue weighted by molar-refractivity contribution is 5.89. The summed E-state index contributed by atoms with van der Waals surface area (Å²) in [6.45, 7) is 1.91. The van der Waals surface area contributed by atoms with Crippen LogP contribution < -0.4 is 20.4 Å². The summed E-state index contributed by atoms with van der Waals surface area (Å²) in [5.41, 5.74) is 1.81. The monoisotopic (exact) mass is 476 g/mol. The van der Waals surface area contributed by atoms with E-state index in [1.54, 1.807) is 44.2 Å². The van der Waals surface area contributed by atoms with Crippen LogP contribution in [-0.2, 0) is 17.8 Å². The quantitative estimate of drug-likeness (QED) is 0.412. The summed E-state index contributed by atoms with van der Waals surface area (Å²) in [7, 11) is 1.86. The van der Waals surface area contributed by atoms with Crippen molar-refractivity contribution in [1.29, 1.82) is 0 Å². The number of carbonyl (C=O) groups excluding carboxylic acids is 1. The molecule has 34 heavy (non-hydrogen) atoms. The van der Waals surface area contributed by atoms with E-state index in [0.717, 1.165) is 16.5 Å². The van der Waals surface area contributed by atoms with E-state index in [-0.39, 0.29) is 18.1 Å². The zero-order valence-corrected chi connectivity index (χ0v) is 19.1. The molecule has 1 amide bonds. The molecule has 0 aliphatic heterocycles. The first-order valence-corrected chi connectivity index (χ1v) is 10.7. The highest BCUT2D eigenvalue weighted by Gasteiger charge is 2.14. The van der Waals surface area contributed by atoms with Gasteiger partial charge in [0.1, 0.15) is 5.58 Å². The van der Waals surface area contributed by atoms with E-state index in [0.29, 0.717) is 31.0 Å². The Balaban J connectivity index is 1.78. The molecule has 0 saturated heterocycles. The van der Waals surface area contributed by atoms with Crippen molar-refractivity contribution in [1.82, 2.24) is 4.90 Å². The number of nitrogens with one attached hydrogen (secondary N) is 1. The molecular weight excluding hydrogens is 450 g/mol. The summed E-state index contributed by atoms with van der Waals surface area (Å²) >= 11 is 0. The maximum absolute atomic E-state index is 12.6. The molecule has 1 heterocycles. The van der Waals surface area contributed by atoms with Gasteiger partial charge in [-0.25, -0.2) is 9.59 Å². The minimum absolute atomic E-state index is 0.0258. The summed E-state index contributed by atoms with van der Waals surface area (Å²) in [5.74, 6) is 0.211. The molecule has 1 aromatic heterocycles. The van der Waals surface area contributed by atoms with E-state index in [9.17, 15) is 18.4 Å². The van der Waals surface area contributed by atoms with E-state index in [4.69, 9.17) is 13.9 Å². The van der Waals surface area contributed by atoms with Crippen LogP contribution in [0.15, 0.2) is 51.7 Å². The fourth-order valence-corrected chi connectivity index (χ4v) is 3.49. The molecule has 8 nitrogen and oxygen atoms in total. The third-order valence-electron chi connectivity index (χ3n) is 4.77. The fraction of sp³-hybridized carbons (Fsp3) is 0.333. The Morgan fingerprint density at radius 1 is 1.06 bits per heavy atom. The topological polar surface area (TPSA) is 90.2 Å². The molecular formula is C24H26F2N2O6. The maximum Gasteiger partial charge on any atom is 0.411 e. The standard InChI is InChI=1S/C24H26F2N2O6/c1-4-31-21-10-15(6-9-19(21)34-23(25)26)13-28(3)14-16-11-22(29)33-20-12-17(7-8-18(16)20)27-24(30)32-5-2/h6-12,23H,4-5,13-14H2,1-3H3,(H,27,30). The maximum atomic E-state index is 12.6. The number of amides is 1. The van der Waals surface area contributed by atoms with Crippen molar-refractivity contribution in [3.63, 3.8) is 0 Å². The number of anilines is 1. The van der Waals surface area contributed by atoms with E-state index in [2.05, 4.69) is 10.1 Å². The van der Waals surface area contributed by atoms with Gasteiger partial charge in [0.2, 0.25) is 0 Å². The molecule has 0 radical (unpaired) electrons. The van der Waals surface area contributed by atoms with Gasteiger partial charge in [0.05, 0.1) is 13.2 Å². The van der Waals surface area contributed by atoms with Crippen LogP contribution in [0.3, 0.4) is 0 Å². The molecule has 0 aliphatic carbocycles. The molecule has 0 fully saturated rings. The number of nitrogens with zero attached hydrogens (tertiary/aromatic N) is 1. The van der Waals surface area contributed by atoms with E-state index in [1.807, 2.05) is 11.9 Å². The Bertz CT molecular complexity index is 1200. The summed E-state index contributed by atoms with van der Waals surface area (Å²) in [6, 6.07) is 11.2. The lowest BCUT2D eigenvalue weighted by Crippen LogP contribution is -2.19. The zero-order chi connectivity index (χ0) is 24.7. The van der Waals surface area contributed by atoms with E-state index < -0.39 is 18.3 Å². The zero-order valence-electron chi connectivity index (χ0n) is 19.1. The summed E-state index contributed by atoms with van der Waals surface area (Å²) in [4.78, 5) is 25.7.